The van der Waals surface area contributed by atoms with Crippen molar-refractivity contribution >= 4 is 61.9 Å². The number of benzene rings is 1. The first kappa shape index (κ1) is 41.8. The molecule has 1 aromatic carbocycles. The minimum atomic E-state index is -1.17. The number of nitrogens with one attached hydrogen (secondary N) is 4. The summed E-state index contributed by atoms with van der Waals surface area (Å²) in [5, 5.41) is 48.3. The van der Waals surface area contributed by atoms with Crippen molar-refractivity contribution in [2.24, 2.45) is 21.7 Å². The molecule has 4 aliphatic carbocycles. The molecule has 5 aliphatic rings. The monoisotopic (exact) mass is 851 g/mol. The fraction of sp³-hybridized carbons (Fsp3) is 0.565. The van der Waals surface area contributed by atoms with E-state index in [-0.39, 0.29) is 45.4 Å². The van der Waals surface area contributed by atoms with Gasteiger partial charge in [-0.3, -0.25) is 0 Å². The SMILES string of the molecule is C/C(NCC12CCC3(C)CC4(OCCNCCCCO)CC(C)(C1)CC34C2)=C(/C=N)c1ccc(N2CCCc3c2nnc(Nc2nc4cccc(F)c4s2)c3C)nc1C(=O)O. The molecule has 0 radical (unpaired) electrons. The van der Waals surface area contributed by atoms with Crippen molar-refractivity contribution in [1.29, 1.82) is 5.41 Å². The fourth-order valence-electron chi connectivity index (χ4n) is 12.7. The number of aromatic nitrogens is 4. The highest BCUT2D eigenvalue weighted by molar-refractivity contribution is 7.22. The molecular formula is C46H58FN9O4S. The number of nitrogens with zero attached hydrogens (tertiary/aromatic N) is 5. The molecule has 4 saturated carbocycles. The Morgan fingerprint density at radius 3 is 2.70 bits per heavy atom. The molecule has 4 heterocycles. The number of aliphatic hydroxyl groups is 1. The molecule has 3 aromatic heterocycles. The maximum Gasteiger partial charge on any atom is 0.355 e. The number of carboxylic acids is 1. The predicted molar refractivity (Wildman–Crippen MR) is 237 cm³/mol. The van der Waals surface area contributed by atoms with Gasteiger partial charge >= 0.3 is 5.97 Å². The summed E-state index contributed by atoms with van der Waals surface area (Å²) in [7, 11) is 0. The number of aromatic carboxylic acids is 1. The van der Waals surface area contributed by atoms with Crippen LogP contribution in [-0.4, -0.2) is 87.6 Å². The molecule has 13 nitrogen and oxygen atoms in total. The first-order valence-electron chi connectivity index (χ1n) is 21.9. The summed E-state index contributed by atoms with van der Waals surface area (Å²) in [6, 6.07) is 8.41. The summed E-state index contributed by atoms with van der Waals surface area (Å²) < 4.78 is 21.8. The number of rotatable bonds is 17. The molecule has 4 aromatic rings. The van der Waals surface area contributed by atoms with E-state index < -0.39 is 5.97 Å². The highest BCUT2D eigenvalue weighted by atomic mass is 32.1. The van der Waals surface area contributed by atoms with Crippen LogP contribution in [0.1, 0.15) is 112 Å². The number of carboxylic acid groups (broad SMARTS) is 1. The van der Waals surface area contributed by atoms with Crippen LogP contribution >= 0.6 is 11.3 Å². The summed E-state index contributed by atoms with van der Waals surface area (Å²) in [5.74, 6) is 0.111. The third-order valence-electron chi connectivity index (χ3n) is 15.2. The van der Waals surface area contributed by atoms with Gasteiger partial charge in [-0.1, -0.05) is 31.3 Å². The first-order chi connectivity index (χ1) is 29.3. The lowest BCUT2D eigenvalue weighted by Gasteiger charge is -2.73. The van der Waals surface area contributed by atoms with E-state index in [4.69, 9.17) is 20.2 Å². The van der Waals surface area contributed by atoms with E-state index >= 15 is 0 Å². The molecule has 61 heavy (non-hydrogen) atoms. The van der Waals surface area contributed by atoms with Crippen LogP contribution < -0.4 is 20.9 Å². The minimum Gasteiger partial charge on any atom is -0.476 e. The zero-order valence-electron chi connectivity index (χ0n) is 35.7. The molecule has 1 spiro atoms. The van der Waals surface area contributed by atoms with Gasteiger partial charge in [-0.2, -0.15) is 0 Å². The minimum absolute atomic E-state index is 0.0786. The largest absolute Gasteiger partial charge is 0.476 e. The van der Waals surface area contributed by atoms with Gasteiger partial charge in [0, 0.05) is 65.8 Å². The van der Waals surface area contributed by atoms with Gasteiger partial charge in [-0.25, -0.2) is 19.2 Å². The maximum absolute atomic E-state index is 14.4. The first-order valence-corrected chi connectivity index (χ1v) is 22.7. The van der Waals surface area contributed by atoms with Crippen molar-refractivity contribution in [3.05, 3.63) is 64.2 Å². The number of ether oxygens (including phenoxy) is 1. The summed E-state index contributed by atoms with van der Waals surface area (Å²) in [6.07, 6.45) is 12.6. The van der Waals surface area contributed by atoms with E-state index in [9.17, 15) is 14.3 Å². The molecule has 6 N–H and O–H groups in total. The Bertz CT molecular complexity index is 2430. The standard InChI is InChI=1S/C46H58FN9O4S/c1-28-30-9-8-18-56(39(30)55-54-38(28)53-41-51-34-11-7-10-33(47)37(34)61-41)35-13-12-31(36(52-35)40(58)59)32(21-48)29(2)50-27-44-15-14-43(4)25-46(60-20-17-49-16-5-6-19-57)24-42(3,22-44)23-45(43,46)26-44/h7,10-13,21,48-50,57H,5-6,8-9,14-20,22-27H2,1-4H3,(H,58,59)(H,51,53,54)/b32-29+,48-21?. The maximum atomic E-state index is 14.4. The molecule has 324 valence electrons. The smallest absolute Gasteiger partial charge is 0.355 e. The molecule has 4 fully saturated rings. The number of unbranched alkanes of at least 4 members (excludes halogenated alkanes) is 1. The Balaban J connectivity index is 0.926. The van der Waals surface area contributed by atoms with Crippen LogP contribution in [0.15, 0.2) is 36.0 Å². The van der Waals surface area contributed by atoms with Crippen molar-refractivity contribution in [3.8, 4) is 0 Å². The van der Waals surface area contributed by atoms with Gasteiger partial charge in [0.25, 0.3) is 0 Å². The molecule has 0 amide bonds. The van der Waals surface area contributed by atoms with Gasteiger partial charge in [0.15, 0.2) is 22.5 Å². The number of hydrogen-bond donors (Lipinski definition) is 6. The van der Waals surface area contributed by atoms with Crippen LogP contribution in [0.5, 0.6) is 0 Å². The molecule has 5 atom stereocenters. The van der Waals surface area contributed by atoms with Crippen molar-refractivity contribution in [2.75, 3.05) is 49.6 Å². The molecule has 0 saturated heterocycles. The fourth-order valence-corrected chi connectivity index (χ4v) is 13.6. The Hall–Kier alpha value is -4.57. The van der Waals surface area contributed by atoms with Gasteiger partial charge in [-0.05, 0) is 132 Å². The second kappa shape index (κ2) is 15.7. The second-order valence-electron chi connectivity index (χ2n) is 19.2. The number of thiazole rings is 1. The highest BCUT2D eigenvalue weighted by Gasteiger charge is 2.82. The van der Waals surface area contributed by atoms with Gasteiger partial charge in [0.05, 0.1) is 22.4 Å². The number of pyridine rings is 1. The normalized spacial score (nSPS) is 28.9. The Morgan fingerprint density at radius 2 is 1.92 bits per heavy atom. The molecule has 15 heteroatoms. The number of anilines is 4. The lowest BCUT2D eigenvalue weighted by molar-refractivity contribution is -0.299. The number of fused-ring (bicyclic) bond motifs is 4. The third kappa shape index (κ3) is 6.99. The van der Waals surface area contributed by atoms with Crippen LogP contribution in [0.4, 0.5) is 27.0 Å². The van der Waals surface area contributed by atoms with Crippen molar-refractivity contribution < 1.29 is 24.1 Å². The van der Waals surface area contributed by atoms with Crippen molar-refractivity contribution in [3.63, 3.8) is 0 Å². The van der Waals surface area contributed by atoms with E-state index in [1.165, 1.54) is 36.5 Å². The number of carbonyl (C=O) groups is 1. The lowest BCUT2D eigenvalue weighted by Crippen LogP contribution is -2.71. The van der Waals surface area contributed by atoms with Gasteiger partial charge in [0.1, 0.15) is 11.6 Å². The summed E-state index contributed by atoms with van der Waals surface area (Å²) in [4.78, 5) is 24.1. The average Bonchev–Trinajstić information content (AvgIpc) is 3.73. The van der Waals surface area contributed by atoms with Gasteiger partial charge in [0.2, 0.25) is 0 Å². The number of halogens is 1. The van der Waals surface area contributed by atoms with Crippen LogP contribution in [0, 0.1) is 39.8 Å². The molecular weight excluding hydrogens is 794 g/mol. The zero-order chi connectivity index (χ0) is 42.8. The average molecular weight is 852 g/mol. The zero-order valence-corrected chi connectivity index (χ0v) is 36.5. The molecule has 5 unspecified atom stereocenters. The Labute approximate surface area is 360 Å². The van der Waals surface area contributed by atoms with E-state index in [0.717, 1.165) is 94.2 Å². The second-order valence-corrected chi connectivity index (χ2v) is 20.2. The van der Waals surface area contributed by atoms with Crippen LogP contribution in [0.2, 0.25) is 0 Å². The predicted octanol–water partition coefficient (Wildman–Crippen LogP) is 8.31. The lowest BCUT2D eigenvalue weighted by atomic mass is 9.34. The Morgan fingerprint density at radius 1 is 1.07 bits per heavy atom. The third-order valence-corrected chi connectivity index (χ3v) is 16.1. The van der Waals surface area contributed by atoms with Gasteiger partial charge in [-0.15, -0.1) is 10.2 Å². The number of hydrogen-bond acceptors (Lipinski definition) is 13. The van der Waals surface area contributed by atoms with Crippen molar-refractivity contribution in [2.45, 2.75) is 104 Å². The summed E-state index contributed by atoms with van der Waals surface area (Å²) in [6.45, 7) is 12.9. The van der Waals surface area contributed by atoms with Crippen LogP contribution in [0.25, 0.3) is 15.8 Å². The molecule has 9 rings (SSSR count). The van der Waals surface area contributed by atoms with Crippen LogP contribution in [-0.2, 0) is 11.2 Å². The van der Waals surface area contributed by atoms with E-state index in [2.05, 4.69) is 45.0 Å². The van der Waals surface area contributed by atoms with E-state index in [0.29, 0.717) is 57.1 Å². The molecule has 3 bridgehead atoms. The highest BCUT2D eigenvalue weighted by Crippen LogP contribution is 2.85. The summed E-state index contributed by atoms with van der Waals surface area (Å²) in [5.41, 5.74) is 4.57. The Kier molecular flexibility index (Phi) is 10.7. The van der Waals surface area contributed by atoms with Crippen molar-refractivity contribution in [1.82, 2.24) is 30.8 Å². The summed E-state index contributed by atoms with van der Waals surface area (Å²) >= 11 is 1.22. The quantitative estimate of drug-likeness (QED) is 0.0442. The number of aliphatic hydroxyl groups excluding tert-OH is 1. The van der Waals surface area contributed by atoms with Crippen LogP contribution in [0.3, 0.4) is 0 Å². The van der Waals surface area contributed by atoms with Gasteiger partial charge < -0.3 is 41.2 Å². The van der Waals surface area contributed by atoms with E-state index in [1.807, 2.05) is 24.8 Å². The van der Waals surface area contributed by atoms with E-state index in [1.54, 1.807) is 18.2 Å². The number of allylic oxidation sites excluding steroid dienone is 2. The molecule has 1 aliphatic heterocycles. The topological polar surface area (TPSA) is 181 Å².